The van der Waals surface area contributed by atoms with Crippen molar-refractivity contribution in [2.45, 2.75) is 0 Å². The molecule has 0 bridgehead atoms. The van der Waals surface area contributed by atoms with Crippen molar-refractivity contribution in [1.29, 1.82) is 0 Å². The Balaban J connectivity index is 1.39. The van der Waals surface area contributed by atoms with E-state index >= 15 is 0 Å². The normalized spacial score (nSPS) is 14.9. The molecule has 1 saturated heterocycles. The van der Waals surface area contributed by atoms with Gasteiger partial charge in [-0.25, -0.2) is 0 Å². The van der Waals surface area contributed by atoms with Crippen LogP contribution in [0.25, 0.3) is 11.8 Å². The van der Waals surface area contributed by atoms with Gasteiger partial charge in [-0.1, -0.05) is 23.3 Å². The number of hydrogen-bond donors (Lipinski definition) is 0. The molecule has 27 heavy (non-hydrogen) atoms. The molecule has 1 aliphatic heterocycles. The second-order valence-corrected chi connectivity index (χ2v) is 6.80. The summed E-state index contributed by atoms with van der Waals surface area (Å²) < 4.78 is 7.72. The minimum absolute atomic E-state index is 0.0372. The van der Waals surface area contributed by atoms with Crippen molar-refractivity contribution in [2.75, 3.05) is 31.1 Å². The van der Waals surface area contributed by atoms with Crippen LogP contribution in [0.3, 0.4) is 0 Å². The minimum Gasteiger partial charge on any atom is -0.450 e. The van der Waals surface area contributed by atoms with E-state index in [0.717, 1.165) is 5.69 Å². The van der Waals surface area contributed by atoms with Crippen LogP contribution in [0, 0.1) is 0 Å². The van der Waals surface area contributed by atoms with Crippen molar-refractivity contribution >= 4 is 33.9 Å². The smallest absolute Gasteiger partial charge is 0.250 e. The third kappa shape index (κ3) is 3.92. The second kappa shape index (κ2) is 7.75. The molecule has 0 N–H and O–H groups in total. The third-order valence-corrected chi connectivity index (χ3v) is 4.74. The Morgan fingerprint density at radius 2 is 1.85 bits per heavy atom. The van der Waals surface area contributed by atoms with Gasteiger partial charge in [-0.2, -0.15) is 4.68 Å². The van der Waals surface area contributed by atoms with Crippen molar-refractivity contribution in [3.63, 3.8) is 0 Å². The van der Waals surface area contributed by atoms with E-state index in [2.05, 4.69) is 36.4 Å². The van der Waals surface area contributed by atoms with Crippen LogP contribution in [0.4, 0.5) is 5.95 Å². The number of aromatic nitrogens is 4. The molecule has 1 amide bonds. The minimum atomic E-state index is -0.0372. The first-order valence-corrected chi connectivity index (χ1v) is 9.31. The van der Waals surface area contributed by atoms with Gasteiger partial charge >= 0.3 is 0 Å². The Bertz CT molecular complexity index is 944. The molecule has 1 fully saturated rings. The van der Waals surface area contributed by atoms with Crippen molar-refractivity contribution in [3.05, 3.63) is 59.0 Å². The van der Waals surface area contributed by atoms with Crippen molar-refractivity contribution in [1.82, 2.24) is 25.1 Å². The summed E-state index contributed by atoms with van der Waals surface area (Å²) in [5, 5.41) is 12.1. The third-order valence-electron chi connectivity index (χ3n) is 4.31. The number of rotatable bonds is 4. The predicted octanol–water partition coefficient (Wildman–Crippen LogP) is 2.38. The largest absolute Gasteiger partial charge is 0.450 e. The van der Waals surface area contributed by atoms with Gasteiger partial charge in [-0.3, -0.25) is 4.79 Å². The van der Waals surface area contributed by atoms with E-state index in [1.165, 1.54) is 6.08 Å². The summed E-state index contributed by atoms with van der Waals surface area (Å²) in [7, 11) is 0. The summed E-state index contributed by atoms with van der Waals surface area (Å²) in [6, 6.07) is 13.3. The van der Waals surface area contributed by atoms with Gasteiger partial charge in [-0.05, 0) is 56.7 Å². The fraction of sp³-hybridized carbons (Fsp3) is 0.222. The van der Waals surface area contributed by atoms with Crippen LogP contribution in [-0.4, -0.2) is 57.2 Å². The molecule has 1 aromatic carbocycles. The first kappa shape index (κ1) is 17.5. The highest BCUT2D eigenvalue weighted by atomic mass is 79.9. The fourth-order valence-electron chi connectivity index (χ4n) is 2.92. The van der Waals surface area contributed by atoms with Gasteiger partial charge in [0, 0.05) is 32.3 Å². The van der Waals surface area contributed by atoms with Gasteiger partial charge in [0.2, 0.25) is 11.9 Å². The van der Waals surface area contributed by atoms with Gasteiger partial charge in [0.25, 0.3) is 0 Å². The second-order valence-electron chi connectivity index (χ2n) is 6.01. The molecule has 3 aromatic rings. The van der Waals surface area contributed by atoms with E-state index in [1.54, 1.807) is 22.9 Å². The fourth-order valence-corrected chi connectivity index (χ4v) is 3.24. The van der Waals surface area contributed by atoms with Crippen LogP contribution in [0.1, 0.15) is 5.76 Å². The summed E-state index contributed by atoms with van der Waals surface area (Å²) in [6.07, 6.45) is 3.21. The molecular formula is C18H17BrN6O2. The topological polar surface area (TPSA) is 80.3 Å². The van der Waals surface area contributed by atoms with Crippen LogP contribution >= 0.6 is 15.9 Å². The lowest BCUT2D eigenvalue weighted by molar-refractivity contribution is -0.126. The number of nitrogens with zero attached hydrogens (tertiary/aromatic N) is 6. The van der Waals surface area contributed by atoms with Crippen molar-refractivity contribution < 1.29 is 9.21 Å². The number of carbonyl (C=O) groups excluding carboxylic acids is 1. The molecule has 0 saturated carbocycles. The molecule has 8 nitrogen and oxygen atoms in total. The number of benzene rings is 1. The molecule has 0 spiro atoms. The van der Waals surface area contributed by atoms with Crippen LogP contribution in [-0.2, 0) is 4.79 Å². The molecule has 2 aromatic heterocycles. The first-order valence-electron chi connectivity index (χ1n) is 8.52. The standard InChI is InChI=1S/C18H17BrN6O2/c19-16-8-6-15(27-16)7-9-17(26)23-10-12-24(13-11-23)18-20-21-22-25(18)14-4-2-1-3-5-14/h1-9H,10-13H2/b9-7+. The van der Waals surface area contributed by atoms with Crippen LogP contribution in [0.15, 0.2) is 57.6 Å². The average molecular weight is 429 g/mol. The number of tetrazole rings is 1. The molecule has 0 radical (unpaired) electrons. The van der Waals surface area contributed by atoms with E-state index < -0.39 is 0 Å². The summed E-state index contributed by atoms with van der Waals surface area (Å²) in [5.74, 6) is 1.28. The SMILES string of the molecule is O=C(/C=C/c1ccc(Br)o1)N1CCN(c2nnnn2-c2ccccc2)CC1. The number of carbonyl (C=O) groups is 1. The zero-order valence-electron chi connectivity index (χ0n) is 14.4. The molecular weight excluding hydrogens is 412 g/mol. The maximum absolute atomic E-state index is 12.4. The lowest BCUT2D eigenvalue weighted by Crippen LogP contribution is -2.49. The average Bonchev–Trinajstić information content (AvgIpc) is 3.36. The number of furan rings is 1. The Morgan fingerprint density at radius 1 is 1.07 bits per heavy atom. The molecule has 1 aliphatic rings. The van der Waals surface area contributed by atoms with Gasteiger partial charge in [0.15, 0.2) is 4.67 Å². The lowest BCUT2D eigenvalue weighted by Gasteiger charge is -2.34. The van der Waals surface area contributed by atoms with E-state index in [9.17, 15) is 4.79 Å². The molecule has 3 heterocycles. The molecule has 9 heteroatoms. The highest BCUT2D eigenvalue weighted by Gasteiger charge is 2.24. The molecule has 138 valence electrons. The van der Waals surface area contributed by atoms with E-state index in [4.69, 9.17) is 4.42 Å². The predicted molar refractivity (Wildman–Crippen MR) is 103 cm³/mol. The number of anilines is 1. The quantitative estimate of drug-likeness (QED) is 0.593. The van der Waals surface area contributed by atoms with E-state index in [-0.39, 0.29) is 5.91 Å². The van der Waals surface area contributed by atoms with E-state index in [0.29, 0.717) is 42.6 Å². The highest BCUT2D eigenvalue weighted by Crippen LogP contribution is 2.18. The summed E-state index contributed by atoms with van der Waals surface area (Å²) in [4.78, 5) is 16.3. The van der Waals surface area contributed by atoms with Crippen molar-refractivity contribution in [2.24, 2.45) is 0 Å². The maximum atomic E-state index is 12.4. The summed E-state index contributed by atoms with van der Waals surface area (Å²) in [6.45, 7) is 2.54. The van der Waals surface area contributed by atoms with Crippen LogP contribution in [0.5, 0.6) is 0 Å². The molecule has 0 atom stereocenters. The zero-order valence-corrected chi connectivity index (χ0v) is 16.0. The van der Waals surface area contributed by atoms with Gasteiger partial charge in [-0.15, -0.1) is 0 Å². The molecule has 0 aliphatic carbocycles. The Morgan fingerprint density at radius 3 is 2.56 bits per heavy atom. The number of hydrogen-bond acceptors (Lipinski definition) is 6. The van der Waals surface area contributed by atoms with Crippen molar-refractivity contribution in [3.8, 4) is 5.69 Å². The van der Waals surface area contributed by atoms with Gasteiger partial charge in [0.05, 0.1) is 5.69 Å². The first-order chi connectivity index (χ1) is 13.2. The highest BCUT2D eigenvalue weighted by molar-refractivity contribution is 9.10. The number of amides is 1. The molecule has 4 rings (SSSR count). The number of para-hydroxylation sites is 1. The monoisotopic (exact) mass is 428 g/mol. The summed E-state index contributed by atoms with van der Waals surface area (Å²) in [5.41, 5.74) is 0.906. The lowest BCUT2D eigenvalue weighted by atomic mass is 10.3. The van der Waals surface area contributed by atoms with Crippen LogP contribution in [0.2, 0.25) is 0 Å². The Hall–Kier alpha value is -2.94. The summed E-state index contributed by atoms with van der Waals surface area (Å²) >= 11 is 3.24. The van der Waals surface area contributed by atoms with Crippen LogP contribution < -0.4 is 4.90 Å². The van der Waals surface area contributed by atoms with E-state index in [1.807, 2.05) is 35.2 Å². The zero-order chi connectivity index (χ0) is 18.6. The Kier molecular flexibility index (Phi) is 5.01. The maximum Gasteiger partial charge on any atom is 0.250 e. The molecule has 0 unspecified atom stereocenters. The number of halogens is 1. The Labute approximate surface area is 164 Å². The van der Waals surface area contributed by atoms with Gasteiger partial charge < -0.3 is 14.2 Å². The van der Waals surface area contributed by atoms with Gasteiger partial charge in [0.1, 0.15) is 5.76 Å². The number of piperazine rings is 1.